The lowest BCUT2D eigenvalue weighted by Gasteiger charge is -2.17. The number of hydrogen-bond donors (Lipinski definition) is 1. The fourth-order valence-electron chi connectivity index (χ4n) is 4.62. The van der Waals surface area contributed by atoms with E-state index in [0.717, 1.165) is 27.2 Å². The first-order valence-electron chi connectivity index (χ1n) is 12.7. The standard InChI is InChI=1S/C30H24ClNO3S.C2H6/c1-19-25(29(15-14-27(19)31)36-28-13-7-2-8-20(28)17-33)16-32-30(34)35-18-26-23-11-5-3-9-21(23)22-10-4-6-12-24(22)26;1-2/h2-15,17,26H,16,18H2,1H3,(H,32,34);1-2H3. The van der Waals surface area contributed by atoms with Crippen molar-refractivity contribution in [3.8, 4) is 11.1 Å². The van der Waals surface area contributed by atoms with Gasteiger partial charge in [0.15, 0.2) is 6.29 Å². The van der Waals surface area contributed by atoms with E-state index in [1.807, 2.05) is 75.4 Å². The van der Waals surface area contributed by atoms with Crippen LogP contribution < -0.4 is 5.32 Å². The number of nitrogens with one attached hydrogen (secondary N) is 1. The number of carbonyl (C=O) groups is 2. The Morgan fingerprint density at radius 2 is 1.50 bits per heavy atom. The highest BCUT2D eigenvalue weighted by Gasteiger charge is 2.29. The smallest absolute Gasteiger partial charge is 0.407 e. The second-order valence-electron chi connectivity index (χ2n) is 8.59. The molecule has 0 bridgehead atoms. The highest BCUT2D eigenvalue weighted by Crippen LogP contribution is 2.44. The van der Waals surface area contributed by atoms with E-state index in [4.69, 9.17) is 16.3 Å². The van der Waals surface area contributed by atoms with Gasteiger partial charge in [-0.15, -0.1) is 0 Å². The van der Waals surface area contributed by atoms with Gasteiger partial charge in [-0.05, 0) is 58.5 Å². The number of carbonyl (C=O) groups excluding carboxylic acids is 2. The van der Waals surface area contributed by atoms with E-state index in [9.17, 15) is 9.59 Å². The highest BCUT2D eigenvalue weighted by molar-refractivity contribution is 7.99. The molecule has 0 saturated heterocycles. The van der Waals surface area contributed by atoms with Crippen LogP contribution in [0.1, 0.15) is 52.4 Å². The summed E-state index contributed by atoms with van der Waals surface area (Å²) in [6, 6.07) is 27.7. The predicted molar refractivity (Wildman–Crippen MR) is 155 cm³/mol. The fourth-order valence-corrected chi connectivity index (χ4v) is 5.90. The van der Waals surface area contributed by atoms with Crippen molar-refractivity contribution in [1.29, 1.82) is 0 Å². The minimum absolute atomic E-state index is 0.00187. The predicted octanol–water partition coefficient (Wildman–Crippen LogP) is 8.68. The van der Waals surface area contributed by atoms with E-state index >= 15 is 0 Å². The lowest BCUT2D eigenvalue weighted by molar-refractivity contribution is 0.112. The lowest BCUT2D eigenvalue weighted by Crippen LogP contribution is -2.26. The van der Waals surface area contributed by atoms with Gasteiger partial charge in [0.25, 0.3) is 0 Å². The van der Waals surface area contributed by atoms with Crippen LogP contribution in [0.4, 0.5) is 4.79 Å². The van der Waals surface area contributed by atoms with Crippen LogP contribution in [0.5, 0.6) is 0 Å². The molecular weight excluding hydrogens is 514 g/mol. The van der Waals surface area contributed by atoms with Crippen molar-refractivity contribution in [2.75, 3.05) is 6.61 Å². The summed E-state index contributed by atoms with van der Waals surface area (Å²) in [4.78, 5) is 26.0. The number of halogens is 1. The molecule has 4 aromatic rings. The third kappa shape index (κ3) is 5.79. The molecule has 0 heterocycles. The Bertz CT molecular complexity index is 1410. The molecule has 0 fully saturated rings. The SMILES string of the molecule is CC.Cc1c(Cl)ccc(Sc2ccccc2C=O)c1CNC(=O)OCC1c2ccccc2-c2ccccc21. The molecule has 1 amide bonds. The summed E-state index contributed by atoms with van der Waals surface area (Å²) >= 11 is 7.87. The molecule has 1 aliphatic carbocycles. The number of amides is 1. The van der Waals surface area contributed by atoms with Crippen molar-refractivity contribution in [3.05, 3.63) is 118 Å². The molecule has 6 heteroatoms. The largest absolute Gasteiger partial charge is 0.449 e. The zero-order valence-electron chi connectivity index (χ0n) is 21.7. The molecule has 0 aromatic heterocycles. The number of ether oxygens (including phenoxy) is 1. The molecule has 0 atom stereocenters. The fraction of sp³-hybridized carbons (Fsp3) is 0.188. The second kappa shape index (κ2) is 12.8. The summed E-state index contributed by atoms with van der Waals surface area (Å²) in [7, 11) is 0. The summed E-state index contributed by atoms with van der Waals surface area (Å²) in [6.07, 6.45) is 0.361. The van der Waals surface area contributed by atoms with E-state index in [1.165, 1.54) is 34.0 Å². The van der Waals surface area contributed by atoms with Crippen molar-refractivity contribution in [3.63, 3.8) is 0 Å². The van der Waals surface area contributed by atoms with Crippen LogP contribution >= 0.6 is 23.4 Å². The minimum Gasteiger partial charge on any atom is -0.449 e. The van der Waals surface area contributed by atoms with Gasteiger partial charge in [0.1, 0.15) is 6.61 Å². The van der Waals surface area contributed by atoms with Crippen LogP contribution in [0, 0.1) is 6.92 Å². The van der Waals surface area contributed by atoms with E-state index in [-0.39, 0.29) is 19.1 Å². The third-order valence-electron chi connectivity index (χ3n) is 6.51. The molecule has 4 aromatic carbocycles. The van der Waals surface area contributed by atoms with E-state index < -0.39 is 6.09 Å². The minimum atomic E-state index is -0.486. The maximum Gasteiger partial charge on any atom is 0.407 e. The van der Waals surface area contributed by atoms with Crippen molar-refractivity contribution < 1.29 is 14.3 Å². The first kappa shape index (κ1) is 27.5. The number of aldehydes is 1. The van der Waals surface area contributed by atoms with Crippen LogP contribution in [0.25, 0.3) is 11.1 Å². The van der Waals surface area contributed by atoms with Crippen LogP contribution in [0.2, 0.25) is 5.02 Å². The zero-order chi connectivity index (χ0) is 27.1. The van der Waals surface area contributed by atoms with Gasteiger partial charge in [0.05, 0.1) is 0 Å². The molecule has 0 saturated carbocycles. The number of hydrogen-bond acceptors (Lipinski definition) is 4. The molecule has 5 rings (SSSR count). The van der Waals surface area contributed by atoms with Crippen molar-refractivity contribution in [2.45, 2.75) is 43.0 Å². The average molecular weight is 544 g/mol. The monoisotopic (exact) mass is 543 g/mol. The van der Waals surface area contributed by atoms with Gasteiger partial charge >= 0.3 is 6.09 Å². The number of benzene rings is 4. The Balaban J connectivity index is 0.00000164. The summed E-state index contributed by atoms with van der Waals surface area (Å²) in [6.45, 7) is 6.43. The maximum atomic E-state index is 12.7. The van der Waals surface area contributed by atoms with Gasteiger partial charge in [0.2, 0.25) is 0 Å². The Morgan fingerprint density at radius 1 is 0.895 bits per heavy atom. The van der Waals surface area contributed by atoms with E-state index in [1.54, 1.807) is 6.07 Å². The molecule has 194 valence electrons. The number of fused-ring (bicyclic) bond motifs is 3. The highest BCUT2D eigenvalue weighted by atomic mass is 35.5. The molecule has 0 unspecified atom stereocenters. The summed E-state index contributed by atoms with van der Waals surface area (Å²) < 4.78 is 5.69. The van der Waals surface area contributed by atoms with Crippen LogP contribution in [0.3, 0.4) is 0 Å². The Morgan fingerprint density at radius 3 is 2.16 bits per heavy atom. The molecule has 4 nitrogen and oxygen atoms in total. The molecule has 0 aliphatic heterocycles. The number of rotatable bonds is 7. The third-order valence-corrected chi connectivity index (χ3v) is 8.11. The zero-order valence-corrected chi connectivity index (χ0v) is 23.2. The second-order valence-corrected chi connectivity index (χ2v) is 10.1. The van der Waals surface area contributed by atoms with Gasteiger partial charge < -0.3 is 10.1 Å². The van der Waals surface area contributed by atoms with Gasteiger partial charge in [-0.3, -0.25) is 4.79 Å². The average Bonchev–Trinajstić information content (AvgIpc) is 3.28. The van der Waals surface area contributed by atoms with Crippen molar-refractivity contribution in [2.24, 2.45) is 0 Å². The quantitative estimate of drug-likeness (QED) is 0.237. The lowest BCUT2D eigenvalue weighted by atomic mass is 9.98. The molecular formula is C32H30ClNO3S. The molecule has 0 radical (unpaired) electrons. The Labute approximate surface area is 233 Å². The maximum absolute atomic E-state index is 12.7. The van der Waals surface area contributed by atoms with Crippen LogP contribution in [-0.4, -0.2) is 19.0 Å². The topological polar surface area (TPSA) is 55.4 Å². The normalized spacial score (nSPS) is 11.6. The summed E-state index contributed by atoms with van der Waals surface area (Å²) in [5, 5.41) is 3.51. The summed E-state index contributed by atoms with van der Waals surface area (Å²) in [5.41, 5.74) is 7.11. The number of alkyl carbamates (subject to hydrolysis) is 1. The Hall–Kier alpha value is -3.54. The summed E-state index contributed by atoms with van der Waals surface area (Å²) in [5.74, 6) is 0.00187. The molecule has 1 aliphatic rings. The van der Waals surface area contributed by atoms with Gasteiger partial charge in [-0.2, -0.15) is 0 Å². The van der Waals surface area contributed by atoms with Gasteiger partial charge in [-0.25, -0.2) is 4.79 Å². The molecule has 0 spiro atoms. The van der Waals surface area contributed by atoms with E-state index in [0.29, 0.717) is 10.6 Å². The first-order valence-corrected chi connectivity index (χ1v) is 13.8. The molecule has 1 N–H and O–H groups in total. The van der Waals surface area contributed by atoms with Crippen molar-refractivity contribution in [1.82, 2.24) is 5.32 Å². The Kier molecular flexibility index (Phi) is 9.27. The van der Waals surface area contributed by atoms with E-state index in [2.05, 4.69) is 29.6 Å². The molecule has 38 heavy (non-hydrogen) atoms. The van der Waals surface area contributed by atoms with Crippen molar-refractivity contribution >= 4 is 35.7 Å². The van der Waals surface area contributed by atoms with Crippen LogP contribution in [-0.2, 0) is 11.3 Å². The van der Waals surface area contributed by atoms with Crippen LogP contribution in [0.15, 0.2) is 94.7 Å². The first-order chi connectivity index (χ1) is 18.6. The van der Waals surface area contributed by atoms with Gasteiger partial charge in [0, 0.05) is 32.8 Å². The van der Waals surface area contributed by atoms with Gasteiger partial charge in [-0.1, -0.05) is 104 Å².